The molecular weight excluding hydrogens is 308 g/mol. The molecule has 118 valence electrons. The summed E-state index contributed by atoms with van der Waals surface area (Å²) < 4.78 is 6.34. The molecule has 0 unspecified atom stereocenters. The first-order valence-corrected chi connectivity index (χ1v) is 8.34. The van der Waals surface area contributed by atoms with E-state index in [0.29, 0.717) is 6.42 Å². The van der Waals surface area contributed by atoms with Gasteiger partial charge in [-0.25, -0.2) is 4.98 Å². The van der Waals surface area contributed by atoms with Crippen molar-refractivity contribution >= 4 is 33.1 Å². The van der Waals surface area contributed by atoms with E-state index in [-0.39, 0.29) is 5.91 Å². The molecule has 0 saturated carbocycles. The van der Waals surface area contributed by atoms with Gasteiger partial charge in [0.1, 0.15) is 5.75 Å². The van der Waals surface area contributed by atoms with E-state index in [0.717, 1.165) is 34.8 Å². The predicted molar refractivity (Wildman–Crippen MR) is 94.2 cm³/mol. The van der Waals surface area contributed by atoms with Crippen LogP contribution in [-0.4, -0.2) is 18.0 Å². The van der Waals surface area contributed by atoms with Crippen LogP contribution in [0.4, 0.5) is 5.69 Å². The number of nitrogens with one attached hydrogen (secondary N) is 1. The third-order valence-corrected chi connectivity index (χ3v) is 4.58. The average molecular weight is 326 g/mol. The van der Waals surface area contributed by atoms with E-state index in [1.54, 1.807) is 18.4 Å². The van der Waals surface area contributed by atoms with Gasteiger partial charge < -0.3 is 10.1 Å². The van der Waals surface area contributed by atoms with Gasteiger partial charge in [0.15, 0.2) is 0 Å². The van der Waals surface area contributed by atoms with Crippen molar-refractivity contribution in [1.29, 1.82) is 0 Å². The number of hydrogen-bond donors (Lipinski definition) is 1. The molecule has 1 amide bonds. The van der Waals surface area contributed by atoms with Crippen LogP contribution < -0.4 is 10.1 Å². The van der Waals surface area contributed by atoms with E-state index in [9.17, 15) is 4.79 Å². The smallest absolute Gasteiger partial charge is 0.224 e. The summed E-state index contributed by atoms with van der Waals surface area (Å²) in [5, 5.41) is 3.98. The van der Waals surface area contributed by atoms with Crippen LogP contribution in [0.5, 0.6) is 5.75 Å². The molecule has 23 heavy (non-hydrogen) atoms. The number of carbonyl (C=O) groups is 1. The van der Waals surface area contributed by atoms with E-state index >= 15 is 0 Å². The number of thiazole rings is 1. The maximum atomic E-state index is 12.0. The number of rotatable bonds is 6. The Hall–Kier alpha value is -2.40. The van der Waals surface area contributed by atoms with Crippen LogP contribution in [0.3, 0.4) is 0 Å². The van der Waals surface area contributed by atoms with E-state index in [4.69, 9.17) is 4.74 Å². The molecular formula is C18H18N2O2S. The number of benzene rings is 2. The number of para-hydroxylation sites is 1. The molecule has 0 aliphatic rings. The Balaban J connectivity index is 1.50. The number of ether oxygens (including phenoxy) is 1. The quantitative estimate of drug-likeness (QED) is 0.736. The molecule has 0 fully saturated rings. The van der Waals surface area contributed by atoms with Crippen molar-refractivity contribution in [2.45, 2.75) is 19.3 Å². The minimum Gasteiger partial charge on any atom is -0.497 e. The molecule has 5 heteroatoms. The monoisotopic (exact) mass is 326 g/mol. The summed E-state index contributed by atoms with van der Waals surface area (Å²) in [5.74, 6) is 0.747. The van der Waals surface area contributed by atoms with Crippen LogP contribution in [-0.2, 0) is 11.2 Å². The summed E-state index contributed by atoms with van der Waals surface area (Å²) in [6.45, 7) is 0. The summed E-state index contributed by atoms with van der Waals surface area (Å²) in [4.78, 5) is 16.6. The molecule has 2 aromatic carbocycles. The van der Waals surface area contributed by atoms with Crippen LogP contribution in [0.2, 0.25) is 0 Å². The first kappa shape index (κ1) is 15.5. The summed E-state index contributed by atoms with van der Waals surface area (Å²) in [6.07, 6.45) is 2.09. The highest BCUT2D eigenvalue weighted by Crippen LogP contribution is 2.23. The number of aromatic nitrogens is 1. The zero-order chi connectivity index (χ0) is 16.1. The zero-order valence-electron chi connectivity index (χ0n) is 12.9. The molecule has 1 heterocycles. The third kappa shape index (κ3) is 4.07. The molecule has 0 saturated heterocycles. The Bertz CT molecular complexity index is 780. The van der Waals surface area contributed by atoms with Crippen molar-refractivity contribution < 1.29 is 9.53 Å². The number of anilines is 1. The van der Waals surface area contributed by atoms with Gasteiger partial charge in [-0.1, -0.05) is 18.2 Å². The molecule has 0 aliphatic carbocycles. The number of aryl methyl sites for hydroxylation is 1. The normalized spacial score (nSPS) is 10.7. The zero-order valence-corrected chi connectivity index (χ0v) is 13.7. The topological polar surface area (TPSA) is 51.2 Å². The molecule has 0 radical (unpaired) electrons. The minimum atomic E-state index is 0.0133. The Labute approximate surface area is 139 Å². The standard InChI is InChI=1S/C18H18N2O2S/c1-22-14-7-4-6-13(12-14)19-17(21)10-5-11-18-20-15-8-2-3-9-16(15)23-18/h2-4,6-9,12H,5,10-11H2,1H3,(H,19,21). The number of amides is 1. The highest BCUT2D eigenvalue weighted by atomic mass is 32.1. The van der Waals surface area contributed by atoms with Crippen molar-refractivity contribution in [3.05, 3.63) is 53.5 Å². The number of fused-ring (bicyclic) bond motifs is 1. The van der Waals surface area contributed by atoms with E-state index in [2.05, 4.69) is 16.4 Å². The SMILES string of the molecule is COc1cccc(NC(=O)CCCc2nc3ccccc3s2)c1. The van der Waals surface area contributed by atoms with Gasteiger partial charge in [0.2, 0.25) is 5.91 Å². The largest absolute Gasteiger partial charge is 0.497 e. The van der Waals surface area contributed by atoms with Gasteiger partial charge in [-0.05, 0) is 37.1 Å². The maximum absolute atomic E-state index is 12.0. The van der Waals surface area contributed by atoms with Gasteiger partial charge in [-0.2, -0.15) is 0 Å². The van der Waals surface area contributed by atoms with Crippen molar-refractivity contribution in [2.24, 2.45) is 0 Å². The lowest BCUT2D eigenvalue weighted by Crippen LogP contribution is -2.11. The van der Waals surface area contributed by atoms with Crippen LogP contribution in [0.25, 0.3) is 10.2 Å². The fourth-order valence-corrected chi connectivity index (χ4v) is 3.36. The minimum absolute atomic E-state index is 0.0133. The van der Waals surface area contributed by atoms with Gasteiger partial charge in [0.05, 0.1) is 22.3 Å². The van der Waals surface area contributed by atoms with E-state index in [1.165, 1.54) is 4.70 Å². The number of nitrogens with zero attached hydrogens (tertiary/aromatic N) is 1. The van der Waals surface area contributed by atoms with Gasteiger partial charge in [-0.15, -0.1) is 11.3 Å². The second-order valence-electron chi connectivity index (χ2n) is 5.21. The van der Waals surface area contributed by atoms with Crippen LogP contribution in [0.15, 0.2) is 48.5 Å². The number of carbonyl (C=O) groups excluding carboxylic acids is 1. The Morgan fingerprint density at radius 1 is 1.22 bits per heavy atom. The van der Waals surface area contributed by atoms with Gasteiger partial charge in [0, 0.05) is 18.2 Å². The Morgan fingerprint density at radius 3 is 2.91 bits per heavy atom. The van der Waals surface area contributed by atoms with Gasteiger partial charge >= 0.3 is 0 Å². The first-order chi connectivity index (χ1) is 11.2. The summed E-state index contributed by atoms with van der Waals surface area (Å²) in [7, 11) is 1.61. The second-order valence-corrected chi connectivity index (χ2v) is 6.32. The molecule has 1 N–H and O–H groups in total. The molecule has 3 rings (SSSR count). The van der Waals surface area contributed by atoms with Crippen molar-refractivity contribution in [3.8, 4) is 5.75 Å². The molecule has 0 spiro atoms. The summed E-state index contributed by atoms with van der Waals surface area (Å²) in [5.41, 5.74) is 1.79. The summed E-state index contributed by atoms with van der Waals surface area (Å²) >= 11 is 1.70. The Morgan fingerprint density at radius 2 is 2.09 bits per heavy atom. The number of methoxy groups -OCH3 is 1. The Kier molecular flexibility index (Phi) is 4.88. The van der Waals surface area contributed by atoms with E-state index < -0.39 is 0 Å². The fourth-order valence-electron chi connectivity index (χ4n) is 2.35. The van der Waals surface area contributed by atoms with Crippen molar-refractivity contribution in [1.82, 2.24) is 4.98 Å². The molecule has 4 nitrogen and oxygen atoms in total. The average Bonchev–Trinajstić information content (AvgIpc) is 2.97. The number of hydrogen-bond acceptors (Lipinski definition) is 4. The predicted octanol–water partition coefficient (Wildman–Crippen LogP) is 4.27. The first-order valence-electron chi connectivity index (χ1n) is 7.53. The lowest BCUT2D eigenvalue weighted by atomic mass is 10.2. The lowest BCUT2D eigenvalue weighted by Gasteiger charge is -2.06. The third-order valence-electron chi connectivity index (χ3n) is 3.49. The van der Waals surface area contributed by atoms with Crippen LogP contribution in [0.1, 0.15) is 17.8 Å². The van der Waals surface area contributed by atoms with Crippen molar-refractivity contribution in [2.75, 3.05) is 12.4 Å². The maximum Gasteiger partial charge on any atom is 0.224 e. The molecule has 0 atom stereocenters. The van der Waals surface area contributed by atoms with E-state index in [1.807, 2.05) is 42.5 Å². The molecule has 3 aromatic rings. The lowest BCUT2D eigenvalue weighted by molar-refractivity contribution is -0.116. The highest BCUT2D eigenvalue weighted by molar-refractivity contribution is 7.18. The van der Waals surface area contributed by atoms with Crippen LogP contribution in [0, 0.1) is 0 Å². The molecule has 1 aromatic heterocycles. The highest BCUT2D eigenvalue weighted by Gasteiger charge is 2.06. The van der Waals surface area contributed by atoms with Crippen molar-refractivity contribution in [3.63, 3.8) is 0 Å². The fraction of sp³-hybridized carbons (Fsp3) is 0.222. The molecule has 0 bridgehead atoms. The van der Waals surface area contributed by atoms with Gasteiger partial charge in [0.25, 0.3) is 0 Å². The second kappa shape index (κ2) is 7.24. The van der Waals surface area contributed by atoms with Crippen LogP contribution >= 0.6 is 11.3 Å². The summed E-state index contributed by atoms with van der Waals surface area (Å²) in [6, 6.07) is 15.5. The van der Waals surface area contributed by atoms with Gasteiger partial charge in [-0.3, -0.25) is 4.79 Å². The molecule has 0 aliphatic heterocycles.